The third kappa shape index (κ3) is 4.05. The molecule has 0 radical (unpaired) electrons. The molecule has 0 saturated carbocycles. The van der Waals surface area contributed by atoms with E-state index < -0.39 is 53.3 Å². The Labute approximate surface area is 200 Å². The third-order valence-corrected chi connectivity index (χ3v) is 5.70. The second-order valence-corrected chi connectivity index (χ2v) is 7.98. The smallest absolute Gasteiger partial charge is 0.335 e. The number of aldehydes is 1. The Bertz CT molecular complexity index is 1420. The molecular formula is C23H19NO12. The summed E-state index contributed by atoms with van der Waals surface area (Å²) in [7, 11) is 0. The van der Waals surface area contributed by atoms with Gasteiger partial charge in [-0.25, -0.2) is 4.79 Å². The molecule has 5 atom stereocenters. The molecule has 0 bridgehead atoms. The molecule has 13 heteroatoms. The van der Waals surface area contributed by atoms with Crippen molar-refractivity contribution in [2.75, 3.05) is 0 Å². The number of amides is 1. The van der Waals surface area contributed by atoms with E-state index in [1.54, 1.807) is 0 Å². The summed E-state index contributed by atoms with van der Waals surface area (Å²) in [5, 5.41) is 49.4. The lowest BCUT2D eigenvalue weighted by Gasteiger charge is -2.43. The van der Waals surface area contributed by atoms with Gasteiger partial charge in [0.15, 0.2) is 24.1 Å². The molecule has 0 aliphatic carbocycles. The number of benzene rings is 2. The standard InChI is InChI=1S/C23H19NO12/c24-20(30)16-14(9-1-3-10(26)4-2-9)15(27)12-6-5-11(7-13(12)35-16)34-22-19(29)23(33,8-25)18(28)17(36-22)21(31)32/h1-8,17-19,22,26,28-29,33H,(H2,24,30)(H,31,32)/t17-,18+,19-,22-,23-/m0/s1. The van der Waals surface area contributed by atoms with Crippen molar-refractivity contribution in [1.82, 2.24) is 0 Å². The second kappa shape index (κ2) is 9.05. The normalized spacial score (nSPS) is 25.9. The SMILES string of the molecule is NC(=O)c1oc2cc(O[C@H]3O[C@H](C(=O)O)[C@@H](O)[C@@](O)(C=O)[C@H]3O)ccc2c(=O)c1-c1ccc(O)cc1. The van der Waals surface area contributed by atoms with Crippen LogP contribution in [0.5, 0.6) is 11.5 Å². The number of phenolic OH excluding ortho intramolecular Hbond substituents is 1. The Balaban J connectivity index is 1.76. The number of aliphatic hydroxyl groups is 3. The molecule has 1 fully saturated rings. The maximum absolute atomic E-state index is 13.2. The summed E-state index contributed by atoms with van der Waals surface area (Å²) >= 11 is 0. The molecule has 2 heterocycles. The Morgan fingerprint density at radius 3 is 2.33 bits per heavy atom. The number of aliphatic carboxylic acids is 1. The highest BCUT2D eigenvalue weighted by Crippen LogP contribution is 2.32. The van der Waals surface area contributed by atoms with Crippen LogP contribution in [0.1, 0.15) is 10.6 Å². The zero-order valence-corrected chi connectivity index (χ0v) is 18.1. The first kappa shape index (κ1) is 24.8. The highest BCUT2D eigenvalue weighted by molar-refractivity contribution is 5.99. The number of aliphatic hydroxyl groups excluding tert-OH is 2. The Morgan fingerprint density at radius 1 is 1.08 bits per heavy atom. The average Bonchev–Trinajstić information content (AvgIpc) is 2.84. The van der Waals surface area contributed by atoms with Gasteiger partial charge in [-0.1, -0.05) is 12.1 Å². The van der Waals surface area contributed by atoms with Crippen molar-refractivity contribution in [3.63, 3.8) is 0 Å². The predicted molar refractivity (Wildman–Crippen MR) is 118 cm³/mol. The van der Waals surface area contributed by atoms with Gasteiger partial charge in [-0.3, -0.25) is 14.4 Å². The number of carboxylic acids is 1. The van der Waals surface area contributed by atoms with E-state index in [9.17, 15) is 44.7 Å². The maximum atomic E-state index is 13.2. The summed E-state index contributed by atoms with van der Waals surface area (Å²) in [6.07, 6.45) is -8.79. The fourth-order valence-electron chi connectivity index (χ4n) is 3.80. The molecule has 1 amide bonds. The first-order valence-corrected chi connectivity index (χ1v) is 10.3. The number of primary amides is 1. The van der Waals surface area contributed by atoms with Gasteiger partial charge in [0.1, 0.15) is 23.2 Å². The van der Waals surface area contributed by atoms with Gasteiger partial charge in [0.05, 0.1) is 10.9 Å². The fourth-order valence-corrected chi connectivity index (χ4v) is 3.80. The number of nitrogens with two attached hydrogens (primary N) is 1. The summed E-state index contributed by atoms with van der Waals surface area (Å²) in [6.45, 7) is 0. The van der Waals surface area contributed by atoms with Crippen molar-refractivity contribution in [1.29, 1.82) is 0 Å². The predicted octanol–water partition coefficient (Wildman–Crippen LogP) is -0.895. The zero-order valence-electron chi connectivity index (χ0n) is 18.1. The van der Waals surface area contributed by atoms with Gasteiger partial charge in [-0.05, 0) is 29.8 Å². The van der Waals surface area contributed by atoms with Gasteiger partial charge in [-0.15, -0.1) is 0 Å². The lowest BCUT2D eigenvalue weighted by molar-refractivity contribution is -0.293. The van der Waals surface area contributed by atoms with E-state index in [4.69, 9.17) is 19.6 Å². The summed E-state index contributed by atoms with van der Waals surface area (Å²) < 4.78 is 16.0. The Hall–Kier alpha value is -4.30. The molecule has 2 aromatic carbocycles. The lowest BCUT2D eigenvalue weighted by atomic mass is 9.85. The van der Waals surface area contributed by atoms with E-state index in [-0.39, 0.29) is 39.9 Å². The van der Waals surface area contributed by atoms with Crippen LogP contribution in [0.2, 0.25) is 0 Å². The first-order valence-electron chi connectivity index (χ1n) is 10.3. The van der Waals surface area contributed by atoms with Crippen molar-refractivity contribution in [2.45, 2.75) is 30.2 Å². The highest BCUT2D eigenvalue weighted by atomic mass is 16.7. The van der Waals surface area contributed by atoms with Crippen molar-refractivity contribution >= 4 is 29.1 Å². The quantitative estimate of drug-likeness (QED) is 0.226. The van der Waals surface area contributed by atoms with E-state index >= 15 is 0 Å². The van der Waals surface area contributed by atoms with Crippen molar-refractivity contribution in [3.05, 3.63) is 58.4 Å². The molecule has 36 heavy (non-hydrogen) atoms. The topological polar surface area (TPSA) is 227 Å². The number of carbonyl (C=O) groups is 3. The van der Waals surface area contributed by atoms with Gasteiger partial charge in [-0.2, -0.15) is 0 Å². The molecule has 0 spiro atoms. The molecule has 1 aliphatic rings. The number of phenols is 1. The van der Waals surface area contributed by atoms with E-state index in [0.717, 1.165) is 6.07 Å². The number of ether oxygens (including phenoxy) is 2. The van der Waals surface area contributed by atoms with Crippen molar-refractivity contribution in [3.8, 4) is 22.6 Å². The molecule has 1 aliphatic heterocycles. The maximum Gasteiger partial charge on any atom is 0.335 e. The van der Waals surface area contributed by atoms with Crippen LogP contribution in [0.25, 0.3) is 22.1 Å². The van der Waals surface area contributed by atoms with E-state index in [1.165, 1.54) is 36.4 Å². The van der Waals surface area contributed by atoms with Crippen LogP contribution in [-0.2, 0) is 14.3 Å². The van der Waals surface area contributed by atoms with Crippen LogP contribution >= 0.6 is 0 Å². The average molecular weight is 501 g/mol. The number of rotatable bonds is 6. The minimum Gasteiger partial charge on any atom is -0.508 e. The Kier molecular flexibility index (Phi) is 6.24. The fraction of sp³-hybridized carbons (Fsp3) is 0.217. The molecule has 4 rings (SSSR count). The number of carbonyl (C=O) groups excluding carboxylic acids is 2. The van der Waals surface area contributed by atoms with Crippen molar-refractivity contribution < 1.29 is 53.8 Å². The van der Waals surface area contributed by atoms with Gasteiger partial charge in [0.2, 0.25) is 17.5 Å². The van der Waals surface area contributed by atoms with Gasteiger partial charge < -0.3 is 45.2 Å². The first-order chi connectivity index (χ1) is 17.0. The number of hydrogen-bond acceptors (Lipinski definition) is 11. The van der Waals surface area contributed by atoms with Crippen LogP contribution in [0.4, 0.5) is 0 Å². The molecule has 3 aromatic rings. The molecular weight excluding hydrogens is 482 g/mol. The van der Waals surface area contributed by atoms with E-state index in [0.29, 0.717) is 0 Å². The van der Waals surface area contributed by atoms with E-state index in [2.05, 4.69) is 0 Å². The molecule has 1 saturated heterocycles. The van der Waals surface area contributed by atoms with Gasteiger partial charge in [0.25, 0.3) is 5.91 Å². The van der Waals surface area contributed by atoms with Crippen LogP contribution in [0.3, 0.4) is 0 Å². The Morgan fingerprint density at radius 2 is 1.75 bits per heavy atom. The largest absolute Gasteiger partial charge is 0.508 e. The second-order valence-electron chi connectivity index (χ2n) is 7.98. The zero-order chi connectivity index (χ0) is 26.4. The summed E-state index contributed by atoms with van der Waals surface area (Å²) in [5.74, 6) is -3.55. The molecule has 1 aromatic heterocycles. The van der Waals surface area contributed by atoms with Crippen molar-refractivity contribution in [2.24, 2.45) is 5.73 Å². The monoisotopic (exact) mass is 501 g/mol. The number of carboxylic acid groups (broad SMARTS) is 1. The van der Waals surface area contributed by atoms with Gasteiger partial charge >= 0.3 is 5.97 Å². The van der Waals surface area contributed by atoms with Crippen LogP contribution < -0.4 is 15.9 Å². The molecule has 7 N–H and O–H groups in total. The third-order valence-electron chi connectivity index (χ3n) is 5.70. The minimum atomic E-state index is -2.92. The van der Waals surface area contributed by atoms with Gasteiger partial charge in [0, 0.05) is 6.07 Å². The number of hydrogen-bond donors (Lipinski definition) is 6. The van der Waals surface area contributed by atoms with E-state index in [1.807, 2.05) is 0 Å². The number of aromatic hydroxyl groups is 1. The summed E-state index contributed by atoms with van der Waals surface area (Å²) in [5.41, 5.74) is 1.76. The van der Waals surface area contributed by atoms with Crippen LogP contribution in [0, 0.1) is 0 Å². The summed E-state index contributed by atoms with van der Waals surface area (Å²) in [6, 6.07) is 8.97. The van der Waals surface area contributed by atoms with Crippen LogP contribution in [-0.4, -0.2) is 73.9 Å². The summed E-state index contributed by atoms with van der Waals surface area (Å²) in [4.78, 5) is 48.0. The molecule has 13 nitrogen and oxygen atoms in total. The number of fused-ring (bicyclic) bond motifs is 1. The highest BCUT2D eigenvalue weighted by Gasteiger charge is 2.58. The lowest BCUT2D eigenvalue weighted by Crippen LogP contribution is -2.69. The minimum absolute atomic E-state index is 0.0104. The molecule has 188 valence electrons. The van der Waals surface area contributed by atoms with Crippen LogP contribution in [0.15, 0.2) is 51.7 Å². The molecule has 0 unspecified atom stereocenters.